The van der Waals surface area contributed by atoms with Crippen LogP contribution in [0.25, 0.3) is 0 Å². The first-order valence-electron chi connectivity index (χ1n) is 19.2. The van der Waals surface area contributed by atoms with Gasteiger partial charge in [-0.05, 0) is 112 Å². The van der Waals surface area contributed by atoms with E-state index in [-0.39, 0.29) is 45.9 Å². The molecule has 0 radical (unpaired) electrons. The third-order valence-electron chi connectivity index (χ3n) is 11.5. The number of carbonyl (C=O) groups excluding carboxylic acids is 2. The number of rotatable bonds is 4. The molecule has 2 N–H and O–H groups in total. The number of hydrogen-bond donors (Lipinski definition) is 2. The molecule has 3 heterocycles. The van der Waals surface area contributed by atoms with E-state index in [1.165, 1.54) is 29.1 Å². The van der Waals surface area contributed by atoms with Crippen LogP contribution in [0.3, 0.4) is 0 Å². The Balaban J connectivity index is 1.34. The molecule has 2 aliphatic heterocycles. The van der Waals surface area contributed by atoms with Crippen molar-refractivity contribution < 1.29 is 28.4 Å². The van der Waals surface area contributed by atoms with Gasteiger partial charge in [0.05, 0.1) is 31.7 Å². The lowest BCUT2D eigenvalue weighted by atomic mass is 9.64. The van der Waals surface area contributed by atoms with E-state index in [4.69, 9.17) is 21.1 Å². The van der Waals surface area contributed by atoms with E-state index in [9.17, 15) is 18.9 Å². The maximum Gasteiger partial charge on any atom is 0.286 e. The molecule has 14 heteroatoms. The number of fused-ring (bicyclic) bond motifs is 4. The Labute approximate surface area is 334 Å². The lowest BCUT2D eigenvalue weighted by molar-refractivity contribution is -0.00326. The van der Waals surface area contributed by atoms with Crippen molar-refractivity contribution in [2.24, 2.45) is 29.2 Å². The van der Waals surface area contributed by atoms with E-state index in [0.29, 0.717) is 43.4 Å². The lowest BCUT2D eigenvalue weighted by Crippen LogP contribution is -2.52. The molecule has 56 heavy (non-hydrogen) atoms. The minimum Gasteiger partial charge on any atom is -0.490 e. The number of anilines is 1. The van der Waals surface area contributed by atoms with E-state index >= 15 is 0 Å². The Bertz CT molecular complexity index is 2240. The summed E-state index contributed by atoms with van der Waals surface area (Å²) >= 11 is 6.48. The average molecular weight is 803 g/mol. The number of amides is 2. The molecule has 3 aromatic rings. The normalized spacial score (nSPS) is 29.3. The van der Waals surface area contributed by atoms with E-state index in [0.717, 1.165) is 37.8 Å². The Morgan fingerprint density at radius 2 is 2.05 bits per heavy atom. The van der Waals surface area contributed by atoms with Gasteiger partial charge < -0.3 is 19.5 Å². The molecule has 1 aromatic heterocycles. The summed E-state index contributed by atoms with van der Waals surface area (Å²) in [5.41, 5.74) is 1.69. The van der Waals surface area contributed by atoms with Gasteiger partial charge in [-0.25, -0.2) is 4.21 Å². The second kappa shape index (κ2) is 15.9. The van der Waals surface area contributed by atoms with Gasteiger partial charge in [0.15, 0.2) is 0 Å². The number of benzene rings is 2. The molecule has 0 saturated heterocycles. The Morgan fingerprint density at radius 3 is 2.80 bits per heavy atom. The highest BCUT2D eigenvalue weighted by molar-refractivity contribution is 7.92. The van der Waals surface area contributed by atoms with Crippen molar-refractivity contribution in [3.63, 3.8) is 0 Å². The monoisotopic (exact) mass is 802 g/mol. The number of nitrogens with zero attached hydrogens (tertiary/aromatic N) is 5. The number of carbonyl (C=O) groups is 2. The third kappa shape index (κ3) is 8.21. The van der Waals surface area contributed by atoms with Gasteiger partial charge in [-0.15, -0.1) is 9.46 Å². The number of ether oxygens (including phenoxy) is 2. The van der Waals surface area contributed by atoms with Gasteiger partial charge in [-0.1, -0.05) is 42.5 Å². The Hall–Kier alpha value is -4.35. The highest BCUT2D eigenvalue weighted by Gasteiger charge is 2.47. The quantitative estimate of drug-likeness (QED) is 0.262. The van der Waals surface area contributed by atoms with Gasteiger partial charge in [0.2, 0.25) is 5.88 Å². The summed E-state index contributed by atoms with van der Waals surface area (Å²) in [5, 5.41) is 17.3. The van der Waals surface area contributed by atoms with Crippen LogP contribution in [0.2, 0.25) is 5.02 Å². The minimum absolute atomic E-state index is 0.0553. The average Bonchev–Trinajstić information content (AvgIpc) is 3.44. The summed E-state index contributed by atoms with van der Waals surface area (Å²) in [6.45, 7) is 4.02. The largest absolute Gasteiger partial charge is 0.490 e. The lowest BCUT2D eigenvalue weighted by Gasteiger charge is -2.47. The molecule has 1 unspecified atom stereocenters. The maximum atomic E-state index is 14.7. The van der Waals surface area contributed by atoms with Gasteiger partial charge in [-0.2, -0.15) is 0 Å². The van der Waals surface area contributed by atoms with Crippen molar-refractivity contribution in [3.05, 3.63) is 82.0 Å². The van der Waals surface area contributed by atoms with Crippen molar-refractivity contribution in [1.82, 2.24) is 19.4 Å². The predicted octanol–water partition coefficient (Wildman–Crippen LogP) is 5.43. The minimum atomic E-state index is -3.69. The molecule has 1 spiro atoms. The second-order valence-electron chi connectivity index (χ2n) is 16.2. The van der Waals surface area contributed by atoms with Gasteiger partial charge in [-0.3, -0.25) is 23.9 Å². The van der Waals surface area contributed by atoms with Crippen LogP contribution in [0.15, 0.2) is 59.1 Å². The van der Waals surface area contributed by atoms with Crippen LogP contribution in [-0.2, 0) is 28.8 Å². The number of allylic oxidation sites excluding steroid dienone is 1. The first kappa shape index (κ1) is 39.9. The molecular formula is C42H51ClN6O6S. The van der Waals surface area contributed by atoms with Crippen molar-refractivity contribution >= 4 is 39.0 Å². The smallest absolute Gasteiger partial charge is 0.286 e. The Kier molecular flexibility index (Phi) is 11.3. The highest BCUT2D eigenvalue weighted by atomic mass is 35.5. The molecular weight excluding hydrogens is 752 g/mol. The van der Waals surface area contributed by atoms with E-state index < -0.39 is 27.3 Å². The number of aromatic nitrogens is 2. The number of aryl methyl sites for hydroxylation is 2. The third-order valence-corrected chi connectivity index (χ3v) is 13.8. The Morgan fingerprint density at radius 1 is 1.23 bits per heavy atom. The maximum absolute atomic E-state index is 14.7. The van der Waals surface area contributed by atoms with Crippen LogP contribution in [0.5, 0.6) is 11.6 Å². The summed E-state index contributed by atoms with van der Waals surface area (Å²) < 4.78 is 34.9. The number of aliphatic hydroxyl groups is 1. The fourth-order valence-corrected chi connectivity index (χ4v) is 10.8. The topological polar surface area (TPSA) is 139 Å². The molecule has 6 atom stereocenters. The first-order valence-corrected chi connectivity index (χ1v) is 21.3. The number of halogens is 1. The molecule has 1 saturated carbocycles. The van der Waals surface area contributed by atoms with Crippen molar-refractivity contribution in [1.29, 1.82) is 0 Å². The molecule has 12 nitrogen and oxygen atoms in total. The van der Waals surface area contributed by atoms with Crippen LogP contribution in [0, 0.1) is 29.6 Å². The predicted molar refractivity (Wildman–Crippen MR) is 218 cm³/mol. The molecule has 4 aliphatic rings. The van der Waals surface area contributed by atoms with Crippen molar-refractivity contribution in [3.8, 4) is 23.5 Å². The summed E-state index contributed by atoms with van der Waals surface area (Å²) in [5.74, 6) is 5.20. The highest BCUT2D eigenvalue weighted by Crippen LogP contribution is 2.48. The van der Waals surface area contributed by atoms with Crippen LogP contribution in [-0.4, -0.2) is 94.6 Å². The molecule has 298 valence electrons. The summed E-state index contributed by atoms with van der Waals surface area (Å²) in [6.07, 6.45) is 10.1. The molecule has 1 fully saturated rings. The van der Waals surface area contributed by atoms with Crippen LogP contribution < -0.4 is 19.1 Å². The van der Waals surface area contributed by atoms with Crippen LogP contribution in [0.4, 0.5) is 5.69 Å². The van der Waals surface area contributed by atoms with Gasteiger partial charge in [0, 0.05) is 48.3 Å². The van der Waals surface area contributed by atoms with Crippen molar-refractivity contribution in [2.75, 3.05) is 58.1 Å². The first-order chi connectivity index (χ1) is 26.7. The number of methoxy groups -OCH3 is 1. The van der Waals surface area contributed by atoms with Gasteiger partial charge in [0.25, 0.3) is 11.8 Å². The molecule has 2 bridgehead atoms. The van der Waals surface area contributed by atoms with E-state index in [2.05, 4.69) is 43.1 Å². The molecule has 2 aromatic carbocycles. The zero-order valence-corrected chi connectivity index (χ0v) is 34.3. The summed E-state index contributed by atoms with van der Waals surface area (Å²) in [4.78, 5) is 32.0. The number of hydrogen-bond acceptors (Lipinski definition) is 9. The van der Waals surface area contributed by atoms with Gasteiger partial charge >= 0.3 is 0 Å². The zero-order chi connectivity index (χ0) is 39.8. The summed E-state index contributed by atoms with van der Waals surface area (Å²) in [7, 11) is 3.22. The van der Waals surface area contributed by atoms with Crippen LogP contribution >= 0.6 is 11.6 Å². The SMILES string of the molecule is COc1nn(C)cc1C(=O)NS1(=O)=NC(=O)c2ccc3c(c2)N(C[C@@H]2CC[C@H]2[C@](O)(C#CCN(C)C)/C=C/C[C@H](C)C1)C[C@@]1(CCCc2cc(Cl)ccc21)CO3. The fraction of sp³-hybridized carbons (Fsp3) is 0.500. The zero-order valence-electron chi connectivity index (χ0n) is 32.7. The molecule has 2 amide bonds. The van der Waals surface area contributed by atoms with E-state index in [1.807, 2.05) is 38.1 Å². The summed E-state index contributed by atoms with van der Waals surface area (Å²) in [6, 6.07) is 11.3. The standard InChI is InChI=1S/C42H51ClN6O6S/c1-28-9-6-18-42(52,19-8-20-47(2)3)35-14-11-31(35)23-49-26-41(17-7-10-29-21-32(43)13-15-34(29)41)27-55-37-16-12-30(22-36(37)49)38(50)45-56(53,25-28)46-39(51)33-24-48(4)44-40(33)54-5/h6,12-13,15-16,18,21-22,24,28,31,35,52H,7,9-11,14,17,20,23,25-27H2,1-5H3,(H,45,46,50,51,53)/b18-6+/t28-,31-,35+,41-,42+,56?/m0/s1. The second-order valence-corrected chi connectivity index (χ2v) is 18.6. The van der Waals surface area contributed by atoms with Crippen molar-refractivity contribution in [2.45, 2.75) is 56.5 Å². The van der Waals surface area contributed by atoms with E-state index in [1.54, 1.807) is 31.3 Å². The fourth-order valence-electron chi connectivity index (χ4n) is 8.69. The molecule has 2 aliphatic carbocycles. The number of nitrogens with one attached hydrogen (secondary N) is 1. The van der Waals surface area contributed by atoms with Gasteiger partial charge in [0.1, 0.15) is 26.8 Å². The molecule has 7 rings (SSSR count). The van der Waals surface area contributed by atoms with Crippen LogP contribution in [0.1, 0.15) is 70.9 Å².